The molecular weight excluding hydrogens is 600 g/mol. The van der Waals surface area contributed by atoms with E-state index < -0.39 is 5.60 Å². The lowest BCUT2D eigenvalue weighted by molar-refractivity contribution is -0.0298. The van der Waals surface area contributed by atoms with Gasteiger partial charge in [0.05, 0.1) is 12.7 Å². The molecule has 3 saturated heterocycles. The number of carbonyl (C=O) groups excluding carboxylic acids is 1. The van der Waals surface area contributed by atoms with Crippen LogP contribution >= 0.6 is 0 Å². The molecule has 7 rings (SSSR count). The molecule has 0 bridgehead atoms. The Bertz CT molecular complexity index is 1610. The van der Waals surface area contributed by atoms with Crippen LogP contribution < -0.4 is 15.1 Å². The number of imidazole rings is 2. The normalized spacial score (nSPS) is 19.9. The van der Waals surface area contributed by atoms with Gasteiger partial charge in [-0.2, -0.15) is 0 Å². The molecule has 3 aliphatic rings. The second-order valence-electron chi connectivity index (χ2n) is 13.5. The standard InChI is InChI=1S/C21H32N6O3.C11H16N6/c1-21(2,3)30-20(28)25(4)15-8-10-26(11-9-15)18-17-19(23-13-22-18)27(14-24-17)16-7-5-6-12-29-16;1-12-8-2-4-17(5-3-8)11-9-10(14-6-13-9)15-7-16-11/h13-16H,5-12H2,1-4H3;6-8,12H,2-5H2,1H3,(H,13,14,15,16). The molecule has 15 heteroatoms. The number of hydrogen-bond acceptors (Lipinski definition) is 12. The molecule has 4 aromatic heterocycles. The molecule has 47 heavy (non-hydrogen) atoms. The summed E-state index contributed by atoms with van der Waals surface area (Å²) in [6, 6.07) is 0.784. The van der Waals surface area contributed by atoms with E-state index in [0.717, 1.165) is 112 Å². The van der Waals surface area contributed by atoms with E-state index in [9.17, 15) is 4.79 Å². The molecule has 3 fully saturated rings. The highest BCUT2D eigenvalue weighted by Crippen LogP contribution is 2.30. The van der Waals surface area contributed by atoms with Crippen molar-refractivity contribution in [3.63, 3.8) is 0 Å². The van der Waals surface area contributed by atoms with Gasteiger partial charge in [0, 0.05) is 51.9 Å². The van der Waals surface area contributed by atoms with Crippen LogP contribution in [-0.4, -0.2) is 115 Å². The maximum Gasteiger partial charge on any atom is 0.410 e. The van der Waals surface area contributed by atoms with E-state index in [0.29, 0.717) is 6.04 Å². The van der Waals surface area contributed by atoms with Crippen molar-refractivity contribution in [3.8, 4) is 0 Å². The first-order chi connectivity index (χ1) is 22.7. The molecule has 0 radical (unpaired) electrons. The maximum atomic E-state index is 12.4. The number of aromatic amines is 1. The Balaban J connectivity index is 0.000000191. The molecule has 3 aliphatic heterocycles. The van der Waals surface area contributed by atoms with Crippen LogP contribution in [0.1, 0.15) is 71.9 Å². The number of aromatic nitrogens is 8. The van der Waals surface area contributed by atoms with E-state index in [1.54, 1.807) is 23.9 Å². The van der Waals surface area contributed by atoms with E-state index >= 15 is 0 Å². The molecule has 4 aromatic rings. The van der Waals surface area contributed by atoms with Gasteiger partial charge in [-0.1, -0.05) is 0 Å². The largest absolute Gasteiger partial charge is 0.444 e. The zero-order valence-corrected chi connectivity index (χ0v) is 28.2. The van der Waals surface area contributed by atoms with E-state index in [1.165, 1.54) is 0 Å². The minimum absolute atomic E-state index is 0.000264. The summed E-state index contributed by atoms with van der Waals surface area (Å²) < 4.78 is 13.5. The van der Waals surface area contributed by atoms with Crippen molar-refractivity contribution >= 4 is 40.1 Å². The van der Waals surface area contributed by atoms with E-state index in [-0.39, 0.29) is 18.4 Å². The SMILES string of the molecule is CN(C(=O)OC(C)(C)C)C1CCN(c2ncnc3c2ncn3C2CCCCO2)CC1.CNC1CCN(c2ncnc3nc[nH]c23)CC1. The van der Waals surface area contributed by atoms with Crippen LogP contribution in [0.4, 0.5) is 16.4 Å². The Hall–Kier alpha value is -4.11. The first-order valence-electron chi connectivity index (χ1n) is 16.8. The number of anilines is 2. The number of hydrogen-bond donors (Lipinski definition) is 2. The highest BCUT2D eigenvalue weighted by atomic mass is 16.6. The fourth-order valence-electron chi connectivity index (χ4n) is 6.54. The van der Waals surface area contributed by atoms with Gasteiger partial charge < -0.3 is 34.5 Å². The van der Waals surface area contributed by atoms with Crippen LogP contribution in [0.15, 0.2) is 25.3 Å². The number of ether oxygens (including phenoxy) is 2. The minimum Gasteiger partial charge on any atom is -0.444 e. The number of amides is 1. The third-order valence-electron chi connectivity index (χ3n) is 9.20. The average molecular weight is 649 g/mol. The van der Waals surface area contributed by atoms with Gasteiger partial charge in [0.2, 0.25) is 0 Å². The van der Waals surface area contributed by atoms with Gasteiger partial charge in [0.15, 0.2) is 28.4 Å². The Morgan fingerprint density at radius 3 is 2.34 bits per heavy atom. The van der Waals surface area contributed by atoms with Crippen LogP contribution in [0.3, 0.4) is 0 Å². The minimum atomic E-state index is -0.487. The maximum absolute atomic E-state index is 12.4. The van der Waals surface area contributed by atoms with Gasteiger partial charge in [-0.25, -0.2) is 34.7 Å². The summed E-state index contributed by atoms with van der Waals surface area (Å²) in [5.74, 6) is 1.83. The summed E-state index contributed by atoms with van der Waals surface area (Å²) >= 11 is 0. The highest BCUT2D eigenvalue weighted by Gasteiger charge is 2.30. The number of nitrogens with one attached hydrogen (secondary N) is 2. The molecule has 7 heterocycles. The van der Waals surface area contributed by atoms with E-state index in [4.69, 9.17) is 9.47 Å². The molecule has 2 N–H and O–H groups in total. The second kappa shape index (κ2) is 14.3. The predicted octanol–water partition coefficient (Wildman–Crippen LogP) is 3.90. The summed E-state index contributed by atoms with van der Waals surface area (Å²) in [4.78, 5) is 48.1. The summed E-state index contributed by atoms with van der Waals surface area (Å²) in [6.45, 7) is 10.1. The summed E-state index contributed by atoms with van der Waals surface area (Å²) in [5, 5.41) is 3.33. The first kappa shape index (κ1) is 32.8. The van der Waals surface area contributed by atoms with Crippen molar-refractivity contribution in [2.45, 2.75) is 89.6 Å². The molecule has 0 aliphatic carbocycles. The van der Waals surface area contributed by atoms with Crippen molar-refractivity contribution in [1.29, 1.82) is 0 Å². The monoisotopic (exact) mass is 648 g/mol. The zero-order chi connectivity index (χ0) is 33.0. The number of rotatable bonds is 5. The average Bonchev–Trinajstić information content (AvgIpc) is 3.76. The van der Waals surface area contributed by atoms with Gasteiger partial charge in [0.25, 0.3) is 0 Å². The van der Waals surface area contributed by atoms with Crippen molar-refractivity contribution in [1.82, 2.24) is 49.7 Å². The fourth-order valence-corrected chi connectivity index (χ4v) is 6.54. The van der Waals surface area contributed by atoms with Gasteiger partial charge in [-0.05, 0) is 72.8 Å². The summed E-state index contributed by atoms with van der Waals surface area (Å²) in [5.41, 5.74) is 2.83. The smallest absolute Gasteiger partial charge is 0.410 e. The summed E-state index contributed by atoms with van der Waals surface area (Å²) in [6.07, 6.45) is 13.7. The Morgan fingerprint density at radius 1 is 0.936 bits per heavy atom. The third-order valence-corrected chi connectivity index (χ3v) is 9.20. The van der Waals surface area contributed by atoms with Crippen LogP contribution in [0.5, 0.6) is 0 Å². The number of fused-ring (bicyclic) bond motifs is 2. The molecule has 1 amide bonds. The molecule has 0 aromatic carbocycles. The topological polar surface area (TPSA) is 155 Å². The van der Waals surface area contributed by atoms with Gasteiger partial charge in [-0.3, -0.25) is 4.57 Å². The van der Waals surface area contributed by atoms with Gasteiger partial charge in [-0.15, -0.1) is 0 Å². The van der Waals surface area contributed by atoms with Crippen LogP contribution in [0.2, 0.25) is 0 Å². The lowest BCUT2D eigenvalue weighted by atomic mass is 10.0. The number of H-pyrrole nitrogens is 1. The van der Waals surface area contributed by atoms with Gasteiger partial charge in [0.1, 0.15) is 30.0 Å². The summed E-state index contributed by atoms with van der Waals surface area (Å²) in [7, 11) is 3.85. The molecule has 0 saturated carbocycles. The number of carbonyl (C=O) groups is 1. The van der Waals surface area contributed by atoms with Crippen molar-refractivity contribution in [2.75, 3.05) is 56.7 Å². The third kappa shape index (κ3) is 7.56. The number of piperidine rings is 2. The van der Waals surface area contributed by atoms with Crippen LogP contribution in [0.25, 0.3) is 22.3 Å². The quantitative estimate of drug-likeness (QED) is 0.322. The Kier molecular flexibility index (Phi) is 10.0. The van der Waals surface area contributed by atoms with Crippen molar-refractivity contribution in [3.05, 3.63) is 25.3 Å². The number of nitrogens with zero attached hydrogens (tertiary/aromatic N) is 10. The van der Waals surface area contributed by atoms with Crippen LogP contribution in [-0.2, 0) is 9.47 Å². The van der Waals surface area contributed by atoms with E-state index in [1.807, 2.05) is 45.8 Å². The van der Waals surface area contributed by atoms with Crippen LogP contribution in [0, 0.1) is 0 Å². The molecule has 254 valence electrons. The first-order valence-corrected chi connectivity index (χ1v) is 16.8. The Labute approximate surface area is 275 Å². The lowest BCUT2D eigenvalue weighted by Gasteiger charge is -2.37. The lowest BCUT2D eigenvalue weighted by Crippen LogP contribution is -2.47. The molecule has 1 atom stereocenters. The van der Waals surface area contributed by atoms with E-state index in [2.05, 4.69) is 50.0 Å². The van der Waals surface area contributed by atoms with Crippen molar-refractivity contribution in [2.24, 2.45) is 0 Å². The zero-order valence-electron chi connectivity index (χ0n) is 28.2. The van der Waals surface area contributed by atoms with Crippen molar-refractivity contribution < 1.29 is 14.3 Å². The molecule has 1 unspecified atom stereocenters. The molecular formula is C32H48N12O3. The molecule has 15 nitrogen and oxygen atoms in total. The van der Waals surface area contributed by atoms with Gasteiger partial charge >= 0.3 is 6.09 Å². The predicted molar refractivity (Wildman–Crippen MR) is 179 cm³/mol. The fraction of sp³-hybridized carbons (Fsp3) is 0.656. The molecule has 0 spiro atoms. The second-order valence-corrected chi connectivity index (χ2v) is 13.5. The highest BCUT2D eigenvalue weighted by molar-refractivity contribution is 5.84. The Morgan fingerprint density at radius 2 is 1.64 bits per heavy atom.